The lowest BCUT2D eigenvalue weighted by atomic mass is 9.87. The van der Waals surface area contributed by atoms with Gasteiger partial charge in [-0.1, -0.05) is 24.3 Å². The monoisotopic (exact) mass is 310 g/mol. The van der Waals surface area contributed by atoms with Crippen molar-refractivity contribution in [2.45, 2.75) is 25.3 Å². The molecular formula is C18H18N2O3. The number of nitriles is 1. The Bertz CT molecular complexity index is 669. The van der Waals surface area contributed by atoms with Gasteiger partial charge in [0.15, 0.2) is 0 Å². The number of benzene rings is 1. The molecule has 1 amide bonds. The molecule has 1 aliphatic rings. The van der Waals surface area contributed by atoms with E-state index in [1.807, 2.05) is 18.2 Å². The number of carbonyl (C=O) groups excluding carboxylic acids is 1. The van der Waals surface area contributed by atoms with E-state index in [1.54, 1.807) is 30.3 Å². The third-order valence-corrected chi connectivity index (χ3v) is 3.81. The Balaban J connectivity index is 1.98. The van der Waals surface area contributed by atoms with Crippen molar-refractivity contribution in [3.8, 4) is 6.07 Å². The van der Waals surface area contributed by atoms with Gasteiger partial charge in [-0.05, 0) is 49.0 Å². The highest BCUT2D eigenvalue weighted by atomic mass is 16.4. The van der Waals surface area contributed by atoms with E-state index in [0.717, 1.165) is 18.4 Å². The maximum atomic E-state index is 12.0. The zero-order chi connectivity index (χ0) is 16.7. The van der Waals surface area contributed by atoms with Crippen molar-refractivity contribution in [3.63, 3.8) is 0 Å². The number of nitrogens with zero attached hydrogens (tertiary/aromatic N) is 1. The van der Waals surface area contributed by atoms with Gasteiger partial charge in [0.1, 0.15) is 6.04 Å². The van der Waals surface area contributed by atoms with Crippen molar-refractivity contribution in [2.75, 3.05) is 0 Å². The highest BCUT2D eigenvalue weighted by Gasteiger charge is 2.28. The summed E-state index contributed by atoms with van der Waals surface area (Å²) in [5.74, 6) is -1.52. The summed E-state index contributed by atoms with van der Waals surface area (Å²) in [5.41, 5.74) is 1.31. The first-order chi connectivity index (χ1) is 11.1. The zero-order valence-corrected chi connectivity index (χ0v) is 12.6. The summed E-state index contributed by atoms with van der Waals surface area (Å²) in [6.45, 7) is 0. The van der Waals surface area contributed by atoms with Crippen molar-refractivity contribution >= 4 is 18.0 Å². The predicted octanol–water partition coefficient (Wildman–Crippen LogP) is 2.50. The van der Waals surface area contributed by atoms with E-state index in [-0.39, 0.29) is 5.92 Å². The number of rotatable bonds is 5. The van der Waals surface area contributed by atoms with Crippen LogP contribution in [0.4, 0.5) is 0 Å². The van der Waals surface area contributed by atoms with Crippen molar-refractivity contribution in [3.05, 3.63) is 53.6 Å². The molecule has 2 rings (SSSR count). The second-order valence-corrected chi connectivity index (χ2v) is 5.44. The van der Waals surface area contributed by atoms with Crippen molar-refractivity contribution in [1.29, 1.82) is 5.26 Å². The van der Waals surface area contributed by atoms with Gasteiger partial charge in [0.05, 0.1) is 11.6 Å². The van der Waals surface area contributed by atoms with E-state index in [4.69, 9.17) is 5.26 Å². The predicted molar refractivity (Wildman–Crippen MR) is 86.2 cm³/mol. The van der Waals surface area contributed by atoms with Crippen LogP contribution in [0.1, 0.15) is 30.4 Å². The van der Waals surface area contributed by atoms with E-state index < -0.39 is 17.9 Å². The highest BCUT2D eigenvalue weighted by molar-refractivity contribution is 5.94. The molecule has 0 saturated heterocycles. The number of amides is 1. The molecule has 1 aromatic carbocycles. The van der Waals surface area contributed by atoms with Gasteiger partial charge >= 0.3 is 5.97 Å². The average molecular weight is 310 g/mol. The lowest BCUT2D eigenvalue weighted by Gasteiger charge is -2.25. The minimum absolute atomic E-state index is 0.0789. The molecule has 0 aromatic heterocycles. The number of carboxylic acids is 1. The van der Waals surface area contributed by atoms with Crippen LogP contribution >= 0.6 is 0 Å². The van der Waals surface area contributed by atoms with E-state index in [2.05, 4.69) is 5.32 Å². The van der Waals surface area contributed by atoms with Crippen molar-refractivity contribution in [1.82, 2.24) is 5.32 Å². The van der Waals surface area contributed by atoms with Gasteiger partial charge in [-0.2, -0.15) is 5.26 Å². The van der Waals surface area contributed by atoms with Crippen LogP contribution in [-0.4, -0.2) is 23.0 Å². The number of allylic oxidation sites excluding steroid dienone is 2. The highest BCUT2D eigenvalue weighted by Crippen LogP contribution is 2.22. The average Bonchev–Trinajstić information content (AvgIpc) is 2.58. The molecule has 23 heavy (non-hydrogen) atoms. The molecule has 0 heterocycles. The number of hydrogen-bond donors (Lipinski definition) is 2. The Morgan fingerprint density at radius 2 is 2.04 bits per heavy atom. The molecule has 0 saturated carbocycles. The first kappa shape index (κ1) is 16.5. The fraction of sp³-hybridized carbons (Fsp3) is 0.278. The Kier molecular flexibility index (Phi) is 5.70. The summed E-state index contributed by atoms with van der Waals surface area (Å²) in [4.78, 5) is 23.4. The van der Waals surface area contributed by atoms with Gasteiger partial charge in [0.25, 0.3) is 0 Å². The second kappa shape index (κ2) is 7.95. The molecule has 2 atom stereocenters. The Morgan fingerprint density at radius 1 is 1.30 bits per heavy atom. The summed E-state index contributed by atoms with van der Waals surface area (Å²) in [6, 6.07) is 7.91. The van der Waals surface area contributed by atoms with Crippen LogP contribution < -0.4 is 5.32 Å². The summed E-state index contributed by atoms with van der Waals surface area (Å²) in [5, 5.41) is 20.6. The van der Waals surface area contributed by atoms with Crippen LogP contribution in [0.15, 0.2) is 42.5 Å². The molecule has 1 aromatic rings. The standard InChI is InChI=1S/C18H18N2O3/c19-12-14-8-6-13(7-9-14)10-11-16(21)20-17(18(22)23)15-4-2-1-3-5-15/h1-2,6-11,15,17H,3-5H2,(H,20,21)(H,22,23)/b11-10+. The van der Waals surface area contributed by atoms with Gasteiger partial charge in [-0.15, -0.1) is 0 Å². The van der Waals surface area contributed by atoms with E-state index in [1.165, 1.54) is 6.08 Å². The molecule has 0 aliphatic heterocycles. The molecule has 2 unspecified atom stereocenters. The summed E-state index contributed by atoms with van der Waals surface area (Å²) >= 11 is 0. The molecule has 0 radical (unpaired) electrons. The Labute approximate surface area is 134 Å². The first-order valence-electron chi connectivity index (χ1n) is 7.46. The van der Waals surface area contributed by atoms with Gasteiger partial charge in [0, 0.05) is 6.08 Å². The van der Waals surface area contributed by atoms with E-state index in [9.17, 15) is 14.7 Å². The summed E-state index contributed by atoms with van der Waals surface area (Å²) in [7, 11) is 0. The molecule has 0 spiro atoms. The quantitative estimate of drug-likeness (QED) is 0.646. The van der Waals surface area contributed by atoms with Crippen molar-refractivity contribution < 1.29 is 14.7 Å². The van der Waals surface area contributed by atoms with Gasteiger partial charge in [0.2, 0.25) is 5.91 Å². The maximum absolute atomic E-state index is 12.0. The van der Waals surface area contributed by atoms with E-state index >= 15 is 0 Å². The van der Waals surface area contributed by atoms with Crippen molar-refractivity contribution in [2.24, 2.45) is 5.92 Å². The Hall–Kier alpha value is -2.87. The van der Waals surface area contributed by atoms with Crippen LogP contribution in [0.3, 0.4) is 0 Å². The number of carbonyl (C=O) groups is 2. The Morgan fingerprint density at radius 3 is 2.61 bits per heavy atom. The molecule has 0 bridgehead atoms. The van der Waals surface area contributed by atoms with Gasteiger partial charge < -0.3 is 10.4 Å². The fourth-order valence-electron chi connectivity index (χ4n) is 2.54. The van der Waals surface area contributed by atoms with Gasteiger partial charge in [-0.3, -0.25) is 4.79 Å². The normalized spacial score (nSPS) is 18.3. The number of carboxylic acid groups (broad SMARTS) is 1. The second-order valence-electron chi connectivity index (χ2n) is 5.44. The maximum Gasteiger partial charge on any atom is 0.326 e. The van der Waals surface area contributed by atoms with Crippen LogP contribution in [0.25, 0.3) is 6.08 Å². The third kappa shape index (κ3) is 4.82. The first-order valence-corrected chi connectivity index (χ1v) is 7.46. The number of nitrogens with one attached hydrogen (secondary N) is 1. The SMILES string of the molecule is N#Cc1ccc(/C=C/C(=O)NC(C(=O)O)C2CC=CCC2)cc1. The minimum atomic E-state index is -1.01. The molecule has 118 valence electrons. The summed E-state index contributed by atoms with van der Waals surface area (Å²) < 4.78 is 0. The van der Waals surface area contributed by atoms with Crippen LogP contribution in [0.2, 0.25) is 0 Å². The molecule has 1 aliphatic carbocycles. The number of hydrogen-bond acceptors (Lipinski definition) is 3. The molecular weight excluding hydrogens is 292 g/mol. The van der Waals surface area contributed by atoms with E-state index in [0.29, 0.717) is 12.0 Å². The van der Waals surface area contributed by atoms with Crippen LogP contribution in [-0.2, 0) is 9.59 Å². The van der Waals surface area contributed by atoms with Gasteiger partial charge in [-0.25, -0.2) is 4.79 Å². The smallest absolute Gasteiger partial charge is 0.326 e. The third-order valence-electron chi connectivity index (χ3n) is 3.81. The minimum Gasteiger partial charge on any atom is -0.480 e. The summed E-state index contributed by atoms with van der Waals surface area (Å²) in [6.07, 6.45) is 9.16. The largest absolute Gasteiger partial charge is 0.480 e. The zero-order valence-electron chi connectivity index (χ0n) is 12.6. The molecule has 0 fully saturated rings. The lowest BCUT2D eigenvalue weighted by Crippen LogP contribution is -2.45. The topological polar surface area (TPSA) is 90.2 Å². The fourth-order valence-corrected chi connectivity index (χ4v) is 2.54. The van der Waals surface area contributed by atoms with Crippen LogP contribution in [0, 0.1) is 17.2 Å². The molecule has 5 heteroatoms. The molecule has 5 nitrogen and oxygen atoms in total. The number of aliphatic carboxylic acids is 1. The van der Waals surface area contributed by atoms with Crippen LogP contribution in [0.5, 0.6) is 0 Å². The lowest BCUT2D eigenvalue weighted by molar-refractivity contribution is -0.143. The molecule has 2 N–H and O–H groups in total.